The van der Waals surface area contributed by atoms with Crippen LogP contribution in [0.2, 0.25) is 0 Å². The van der Waals surface area contributed by atoms with Crippen LogP contribution in [0.4, 0.5) is 5.69 Å². The lowest BCUT2D eigenvalue weighted by Gasteiger charge is -2.55. The standard InChI is InChI=1S/C25H33N3O3S/c29-24(26-25-21-11-17-10-18(13-21)14-22(25)12-17)16-27-8-3-9-28(32(27,30)31)23-7-6-19-4-1-2-5-20(19)15-23/h1-2,4-7,15,17-18,21-22,25,30-31H,3,8-14,16H2,(H,26,29). The van der Waals surface area contributed by atoms with Gasteiger partial charge in [0.1, 0.15) is 0 Å². The Hall–Kier alpha value is -1.80. The second-order valence-corrected chi connectivity index (χ2v) is 12.3. The van der Waals surface area contributed by atoms with Crippen LogP contribution in [0.5, 0.6) is 0 Å². The number of nitrogens with zero attached hydrogens (tertiary/aromatic N) is 2. The minimum atomic E-state index is -3.24. The van der Waals surface area contributed by atoms with Gasteiger partial charge in [-0.3, -0.25) is 18.2 Å². The van der Waals surface area contributed by atoms with Crippen molar-refractivity contribution in [2.24, 2.45) is 23.7 Å². The second-order valence-electron chi connectivity index (χ2n) is 10.4. The molecule has 0 aromatic heterocycles. The molecule has 2 aromatic carbocycles. The van der Waals surface area contributed by atoms with Crippen LogP contribution >= 0.6 is 11.0 Å². The zero-order valence-electron chi connectivity index (χ0n) is 18.4. The van der Waals surface area contributed by atoms with Crippen LogP contribution in [0.3, 0.4) is 0 Å². The van der Waals surface area contributed by atoms with E-state index in [-0.39, 0.29) is 18.5 Å². The van der Waals surface area contributed by atoms with Gasteiger partial charge in [0.15, 0.2) is 0 Å². The van der Waals surface area contributed by atoms with E-state index in [0.29, 0.717) is 24.9 Å². The molecule has 5 aliphatic rings. The van der Waals surface area contributed by atoms with Gasteiger partial charge < -0.3 is 5.32 Å². The Morgan fingerprint density at radius 2 is 1.62 bits per heavy atom. The van der Waals surface area contributed by atoms with E-state index in [1.54, 1.807) is 8.61 Å². The Morgan fingerprint density at radius 1 is 0.938 bits per heavy atom. The summed E-state index contributed by atoms with van der Waals surface area (Å²) in [6.07, 6.45) is 7.21. The Kier molecular flexibility index (Phi) is 5.13. The Morgan fingerprint density at radius 3 is 2.34 bits per heavy atom. The molecule has 4 bridgehead atoms. The molecule has 1 saturated heterocycles. The third-order valence-electron chi connectivity index (χ3n) is 8.31. The molecule has 7 rings (SSSR count). The van der Waals surface area contributed by atoms with E-state index in [1.165, 1.54) is 32.1 Å². The van der Waals surface area contributed by atoms with Crippen LogP contribution in [-0.2, 0) is 4.79 Å². The smallest absolute Gasteiger partial charge is 0.236 e. The first kappa shape index (κ1) is 20.8. The van der Waals surface area contributed by atoms with Gasteiger partial charge in [-0.05, 0) is 85.1 Å². The normalized spacial score (nSPS) is 34.6. The zero-order chi connectivity index (χ0) is 21.9. The average molecular weight is 456 g/mol. The van der Waals surface area contributed by atoms with E-state index in [0.717, 1.165) is 34.7 Å². The molecule has 0 spiro atoms. The molecule has 7 heteroatoms. The number of amides is 1. The van der Waals surface area contributed by atoms with E-state index >= 15 is 0 Å². The van der Waals surface area contributed by atoms with Gasteiger partial charge in [-0.1, -0.05) is 41.3 Å². The number of carbonyl (C=O) groups is 1. The highest BCUT2D eigenvalue weighted by molar-refractivity contribution is 8.23. The van der Waals surface area contributed by atoms with Crippen LogP contribution in [-0.4, -0.2) is 45.0 Å². The van der Waals surface area contributed by atoms with Gasteiger partial charge in [0, 0.05) is 19.1 Å². The molecule has 1 amide bonds. The van der Waals surface area contributed by atoms with E-state index in [1.807, 2.05) is 42.5 Å². The van der Waals surface area contributed by atoms with E-state index in [9.17, 15) is 13.9 Å². The SMILES string of the molecule is O=C(CN1CCCN(c2ccc3ccccc3c2)S1(O)O)NC1C2CC3CC(C2)CC1C3. The highest BCUT2D eigenvalue weighted by atomic mass is 32.3. The third kappa shape index (κ3) is 3.59. The summed E-state index contributed by atoms with van der Waals surface area (Å²) in [4.78, 5) is 13.0. The first-order valence-electron chi connectivity index (χ1n) is 12.1. The van der Waals surface area contributed by atoms with E-state index in [4.69, 9.17) is 0 Å². The van der Waals surface area contributed by atoms with Gasteiger partial charge in [0.25, 0.3) is 0 Å². The molecular weight excluding hydrogens is 422 g/mol. The molecule has 4 saturated carbocycles. The van der Waals surface area contributed by atoms with Crippen molar-refractivity contribution in [2.75, 3.05) is 23.9 Å². The quantitative estimate of drug-likeness (QED) is 0.613. The van der Waals surface area contributed by atoms with Crippen LogP contribution < -0.4 is 9.62 Å². The summed E-state index contributed by atoms with van der Waals surface area (Å²) < 4.78 is 25.6. The molecule has 32 heavy (non-hydrogen) atoms. The number of rotatable bonds is 4. The maximum Gasteiger partial charge on any atom is 0.236 e. The number of hydrogen-bond acceptors (Lipinski definition) is 5. The zero-order valence-corrected chi connectivity index (χ0v) is 19.2. The first-order valence-corrected chi connectivity index (χ1v) is 13.5. The highest BCUT2D eigenvalue weighted by Crippen LogP contribution is 2.54. The molecule has 4 aliphatic carbocycles. The minimum absolute atomic E-state index is 0.0369. The maximum atomic E-state index is 13.0. The number of benzene rings is 2. The van der Waals surface area contributed by atoms with Crippen LogP contribution in [0, 0.1) is 23.7 Å². The van der Waals surface area contributed by atoms with Gasteiger partial charge in [0.05, 0.1) is 12.2 Å². The number of nitrogens with one attached hydrogen (secondary N) is 1. The summed E-state index contributed by atoms with van der Waals surface area (Å²) in [6.45, 7) is 1.12. The maximum absolute atomic E-state index is 13.0. The van der Waals surface area contributed by atoms with Gasteiger partial charge in [-0.15, -0.1) is 0 Å². The van der Waals surface area contributed by atoms with Gasteiger partial charge in [0.2, 0.25) is 5.91 Å². The summed E-state index contributed by atoms with van der Waals surface area (Å²) in [6, 6.07) is 14.3. The molecule has 6 nitrogen and oxygen atoms in total. The molecule has 0 radical (unpaired) electrons. The molecule has 1 heterocycles. The van der Waals surface area contributed by atoms with Crippen LogP contribution in [0.25, 0.3) is 10.8 Å². The number of fused-ring (bicyclic) bond motifs is 1. The predicted molar refractivity (Wildman–Crippen MR) is 129 cm³/mol. The summed E-state index contributed by atoms with van der Waals surface area (Å²) in [5.74, 6) is 2.91. The van der Waals surface area contributed by atoms with Crippen molar-refractivity contribution < 1.29 is 13.9 Å². The lowest BCUT2D eigenvalue weighted by Crippen LogP contribution is -2.57. The van der Waals surface area contributed by atoms with Crippen LogP contribution in [0.1, 0.15) is 38.5 Å². The Bertz CT molecular complexity index is 1000. The molecule has 3 N–H and O–H groups in total. The fraction of sp³-hybridized carbons (Fsp3) is 0.560. The minimum Gasteiger partial charge on any atom is -0.352 e. The van der Waals surface area contributed by atoms with Gasteiger partial charge in [-0.2, -0.15) is 4.31 Å². The number of anilines is 1. The van der Waals surface area contributed by atoms with Crippen molar-refractivity contribution in [2.45, 2.75) is 44.6 Å². The fourth-order valence-electron chi connectivity index (χ4n) is 7.10. The van der Waals surface area contributed by atoms with Gasteiger partial charge in [-0.25, -0.2) is 0 Å². The van der Waals surface area contributed by atoms with Crippen molar-refractivity contribution in [3.63, 3.8) is 0 Å². The van der Waals surface area contributed by atoms with Crippen molar-refractivity contribution in [3.05, 3.63) is 42.5 Å². The molecule has 2 aromatic rings. The first-order chi connectivity index (χ1) is 15.5. The number of carbonyl (C=O) groups excluding carboxylic acids is 1. The van der Waals surface area contributed by atoms with Crippen LogP contribution in [0.15, 0.2) is 42.5 Å². The van der Waals surface area contributed by atoms with E-state index in [2.05, 4.69) is 5.32 Å². The molecular formula is C25H33N3O3S. The highest BCUT2D eigenvalue weighted by Gasteiger charge is 2.48. The lowest BCUT2D eigenvalue weighted by molar-refractivity contribution is -0.125. The lowest BCUT2D eigenvalue weighted by atomic mass is 9.54. The summed E-state index contributed by atoms with van der Waals surface area (Å²) >= 11 is 0. The molecule has 0 unspecified atom stereocenters. The van der Waals surface area contributed by atoms with Gasteiger partial charge >= 0.3 is 0 Å². The topological polar surface area (TPSA) is 76.0 Å². The summed E-state index contributed by atoms with van der Waals surface area (Å²) in [7, 11) is -3.24. The third-order valence-corrected chi connectivity index (χ3v) is 10.3. The molecule has 0 atom stereocenters. The molecule has 172 valence electrons. The van der Waals surface area contributed by atoms with Crippen molar-refractivity contribution in [1.82, 2.24) is 9.62 Å². The largest absolute Gasteiger partial charge is 0.352 e. The Balaban J connectivity index is 1.16. The number of hydrogen-bond donors (Lipinski definition) is 3. The molecule has 5 fully saturated rings. The average Bonchev–Trinajstić information content (AvgIpc) is 2.77. The van der Waals surface area contributed by atoms with Crippen molar-refractivity contribution in [1.29, 1.82) is 0 Å². The monoisotopic (exact) mass is 455 g/mol. The second kappa shape index (κ2) is 7.90. The van der Waals surface area contributed by atoms with E-state index < -0.39 is 11.0 Å². The van der Waals surface area contributed by atoms with Crippen molar-refractivity contribution in [3.8, 4) is 0 Å². The summed E-state index contributed by atoms with van der Waals surface area (Å²) in [5, 5.41) is 5.51. The molecule has 1 aliphatic heterocycles. The van der Waals surface area contributed by atoms with Crippen molar-refractivity contribution >= 4 is 33.3 Å². The Labute approximate surface area is 191 Å². The summed E-state index contributed by atoms with van der Waals surface area (Å²) in [5.41, 5.74) is 0.787. The predicted octanol–water partition coefficient (Wildman–Crippen LogP) is 4.87. The fourth-order valence-corrected chi connectivity index (χ4v) is 8.81.